The molecule has 1 unspecified atom stereocenters. The van der Waals surface area contributed by atoms with Crippen LogP contribution < -0.4 is 10.2 Å². The van der Waals surface area contributed by atoms with Crippen molar-refractivity contribution in [1.29, 1.82) is 0 Å². The van der Waals surface area contributed by atoms with E-state index >= 15 is 0 Å². The fourth-order valence-electron chi connectivity index (χ4n) is 3.63. The topological polar surface area (TPSA) is 79.0 Å². The van der Waals surface area contributed by atoms with Gasteiger partial charge in [-0.15, -0.1) is 0 Å². The van der Waals surface area contributed by atoms with Crippen molar-refractivity contribution >= 4 is 23.5 Å². The standard InChI is InChI=1S/C19H25N3O4/c1-26-12-4-6-15-5-2-3-11-21(15)18(24)14-7-9-16(10-8-14)22-13-17(23)20-19(22)25/h7-10,15H,2-6,11-13H2,1H3,(H,20,23,25). The number of likely N-dealkylation sites (tertiary alicyclic amines) is 1. The fraction of sp³-hybridized carbons (Fsp3) is 0.526. The van der Waals surface area contributed by atoms with E-state index in [4.69, 9.17) is 4.74 Å². The molecule has 26 heavy (non-hydrogen) atoms. The fourth-order valence-corrected chi connectivity index (χ4v) is 3.63. The number of piperidine rings is 1. The molecule has 7 heteroatoms. The van der Waals surface area contributed by atoms with Gasteiger partial charge in [0, 0.05) is 37.6 Å². The van der Waals surface area contributed by atoms with Crippen molar-refractivity contribution in [3.05, 3.63) is 29.8 Å². The number of methoxy groups -OCH3 is 1. The van der Waals surface area contributed by atoms with Crippen LogP contribution in [0.5, 0.6) is 0 Å². The van der Waals surface area contributed by atoms with Gasteiger partial charge >= 0.3 is 6.03 Å². The molecule has 0 aromatic heterocycles. The summed E-state index contributed by atoms with van der Waals surface area (Å²) in [5.41, 5.74) is 1.22. The molecule has 2 aliphatic heterocycles. The highest BCUT2D eigenvalue weighted by molar-refractivity contribution is 6.12. The Morgan fingerprint density at radius 2 is 2.00 bits per heavy atom. The highest BCUT2D eigenvalue weighted by Gasteiger charge is 2.29. The van der Waals surface area contributed by atoms with Gasteiger partial charge in [-0.25, -0.2) is 4.79 Å². The van der Waals surface area contributed by atoms with Crippen molar-refractivity contribution in [2.24, 2.45) is 0 Å². The van der Waals surface area contributed by atoms with E-state index in [-0.39, 0.29) is 24.4 Å². The molecule has 2 fully saturated rings. The summed E-state index contributed by atoms with van der Waals surface area (Å²) in [6.45, 7) is 1.50. The first-order valence-electron chi connectivity index (χ1n) is 9.11. The number of nitrogens with zero attached hydrogens (tertiary/aromatic N) is 2. The van der Waals surface area contributed by atoms with Gasteiger partial charge < -0.3 is 9.64 Å². The number of urea groups is 1. The summed E-state index contributed by atoms with van der Waals surface area (Å²) in [6.07, 6.45) is 5.11. The van der Waals surface area contributed by atoms with Gasteiger partial charge in [0.1, 0.15) is 6.54 Å². The van der Waals surface area contributed by atoms with Crippen LogP contribution in [0.4, 0.5) is 10.5 Å². The van der Waals surface area contributed by atoms with Gasteiger partial charge in [0.15, 0.2) is 0 Å². The van der Waals surface area contributed by atoms with Crippen molar-refractivity contribution in [1.82, 2.24) is 10.2 Å². The van der Waals surface area contributed by atoms with Crippen molar-refractivity contribution in [3.63, 3.8) is 0 Å². The van der Waals surface area contributed by atoms with Crippen molar-refractivity contribution < 1.29 is 19.1 Å². The number of carbonyl (C=O) groups is 3. The van der Waals surface area contributed by atoms with E-state index in [9.17, 15) is 14.4 Å². The number of carbonyl (C=O) groups excluding carboxylic acids is 3. The van der Waals surface area contributed by atoms with Crippen LogP contribution in [0.15, 0.2) is 24.3 Å². The number of amides is 4. The molecule has 140 valence electrons. The summed E-state index contributed by atoms with van der Waals surface area (Å²) in [7, 11) is 1.69. The highest BCUT2D eigenvalue weighted by Crippen LogP contribution is 2.24. The van der Waals surface area contributed by atoms with Gasteiger partial charge in [-0.1, -0.05) is 0 Å². The van der Waals surface area contributed by atoms with E-state index in [0.717, 1.165) is 38.6 Å². The predicted octanol–water partition coefficient (Wildman–Crippen LogP) is 2.16. The number of ether oxygens (including phenoxy) is 1. The summed E-state index contributed by atoms with van der Waals surface area (Å²) in [5, 5.41) is 2.25. The smallest absolute Gasteiger partial charge is 0.329 e. The number of benzene rings is 1. The highest BCUT2D eigenvalue weighted by atomic mass is 16.5. The molecule has 2 saturated heterocycles. The second kappa shape index (κ2) is 8.31. The number of nitrogens with one attached hydrogen (secondary N) is 1. The van der Waals surface area contributed by atoms with Gasteiger partial charge in [-0.05, 0) is 56.4 Å². The lowest BCUT2D eigenvalue weighted by molar-refractivity contribution is -0.117. The molecule has 4 amide bonds. The third-order valence-electron chi connectivity index (χ3n) is 4.99. The lowest BCUT2D eigenvalue weighted by Gasteiger charge is -2.36. The molecule has 2 aliphatic rings. The maximum absolute atomic E-state index is 12.9. The molecular weight excluding hydrogens is 334 g/mol. The summed E-state index contributed by atoms with van der Waals surface area (Å²) in [5.74, 6) is -0.289. The van der Waals surface area contributed by atoms with Crippen LogP contribution in [0.2, 0.25) is 0 Å². The van der Waals surface area contributed by atoms with Crippen LogP contribution in [0.25, 0.3) is 0 Å². The normalized spacial score (nSPS) is 20.4. The molecule has 1 atom stereocenters. The first-order valence-corrected chi connectivity index (χ1v) is 9.11. The lowest BCUT2D eigenvalue weighted by Crippen LogP contribution is -2.43. The van der Waals surface area contributed by atoms with Crippen LogP contribution in [0.1, 0.15) is 42.5 Å². The number of hydrogen-bond donors (Lipinski definition) is 1. The van der Waals surface area contributed by atoms with Crippen molar-refractivity contribution in [2.75, 3.05) is 31.7 Å². The molecule has 0 bridgehead atoms. The zero-order chi connectivity index (χ0) is 18.5. The maximum atomic E-state index is 12.9. The molecule has 0 saturated carbocycles. The van der Waals surface area contributed by atoms with Gasteiger partial charge in [0.25, 0.3) is 5.91 Å². The lowest BCUT2D eigenvalue weighted by atomic mass is 9.97. The number of rotatable bonds is 6. The Hall–Kier alpha value is -2.41. The minimum Gasteiger partial charge on any atom is -0.385 e. The Kier molecular flexibility index (Phi) is 5.88. The van der Waals surface area contributed by atoms with E-state index in [0.29, 0.717) is 17.9 Å². The average molecular weight is 359 g/mol. The van der Waals surface area contributed by atoms with Gasteiger partial charge in [0.05, 0.1) is 0 Å². The van der Waals surface area contributed by atoms with Gasteiger partial charge in [-0.3, -0.25) is 19.8 Å². The summed E-state index contributed by atoms with van der Waals surface area (Å²) >= 11 is 0. The first-order chi connectivity index (χ1) is 12.6. The quantitative estimate of drug-likeness (QED) is 0.624. The second-order valence-electron chi connectivity index (χ2n) is 6.77. The maximum Gasteiger partial charge on any atom is 0.329 e. The predicted molar refractivity (Wildman–Crippen MR) is 97.1 cm³/mol. The monoisotopic (exact) mass is 359 g/mol. The van der Waals surface area contributed by atoms with Crippen LogP contribution >= 0.6 is 0 Å². The number of anilines is 1. The second-order valence-corrected chi connectivity index (χ2v) is 6.77. The third kappa shape index (κ3) is 4.04. The average Bonchev–Trinajstić information content (AvgIpc) is 3.00. The Balaban J connectivity index is 1.68. The molecule has 1 aromatic rings. The van der Waals surface area contributed by atoms with E-state index in [1.165, 1.54) is 4.90 Å². The Morgan fingerprint density at radius 3 is 2.65 bits per heavy atom. The van der Waals surface area contributed by atoms with Crippen molar-refractivity contribution in [3.8, 4) is 0 Å². The molecule has 0 spiro atoms. The minimum absolute atomic E-state index is 0.0137. The van der Waals surface area contributed by atoms with Crippen LogP contribution in [-0.2, 0) is 9.53 Å². The van der Waals surface area contributed by atoms with Gasteiger partial charge in [-0.2, -0.15) is 0 Å². The van der Waals surface area contributed by atoms with E-state index in [1.54, 1.807) is 31.4 Å². The minimum atomic E-state index is -0.427. The van der Waals surface area contributed by atoms with E-state index < -0.39 is 6.03 Å². The van der Waals surface area contributed by atoms with Crippen LogP contribution in [-0.4, -0.2) is 55.6 Å². The third-order valence-corrected chi connectivity index (χ3v) is 4.99. The number of hydrogen-bond acceptors (Lipinski definition) is 4. The zero-order valence-corrected chi connectivity index (χ0v) is 15.1. The molecule has 3 rings (SSSR count). The number of imide groups is 1. The summed E-state index contributed by atoms with van der Waals surface area (Å²) in [4.78, 5) is 39.3. The van der Waals surface area contributed by atoms with E-state index in [1.807, 2.05) is 4.90 Å². The molecule has 7 nitrogen and oxygen atoms in total. The largest absolute Gasteiger partial charge is 0.385 e. The molecule has 0 radical (unpaired) electrons. The summed E-state index contributed by atoms with van der Waals surface area (Å²) < 4.78 is 5.13. The Morgan fingerprint density at radius 1 is 1.23 bits per heavy atom. The zero-order valence-electron chi connectivity index (χ0n) is 15.1. The molecule has 1 aromatic carbocycles. The Labute approximate surface area is 153 Å². The van der Waals surface area contributed by atoms with E-state index in [2.05, 4.69) is 5.32 Å². The Bertz CT molecular complexity index is 674. The van der Waals surface area contributed by atoms with Crippen molar-refractivity contribution in [2.45, 2.75) is 38.1 Å². The molecule has 2 heterocycles. The summed E-state index contributed by atoms with van der Waals surface area (Å²) in [6, 6.07) is 6.73. The van der Waals surface area contributed by atoms with Crippen LogP contribution in [0, 0.1) is 0 Å². The van der Waals surface area contributed by atoms with Crippen LogP contribution in [0.3, 0.4) is 0 Å². The SMILES string of the molecule is COCCCC1CCCCN1C(=O)c1ccc(N2CC(=O)NC2=O)cc1. The first kappa shape index (κ1) is 18.4. The molecular formula is C19H25N3O4. The molecule has 0 aliphatic carbocycles. The molecule has 1 N–H and O–H groups in total. The van der Waals surface area contributed by atoms with Gasteiger partial charge in [0.2, 0.25) is 5.91 Å².